The lowest BCUT2D eigenvalue weighted by molar-refractivity contribution is -0.123. The topological polar surface area (TPSA) is 61.4 Å². The summed E-state index contributed by atoms with van der Waals surface area (Å²) in [6.07, 6.45) is 0.678. The van der Waals surface area contributed by atoms with Crippen LogP contribution in [-0.4, -0.2) is 35.5 Å². The number of halogens is 1. The van der Waals surface area contributed by atoms with Crippen molar-refractivity contribution in [3.8, 4) is 0 Å². The maximum atomic E-state index is 11.8. The molecule has 2 heterocycles. The van der Waals surface area contributed by atoms with Crippen LogP contribution >= 0.6 is 12.4 Å². The minimum absolute atomic E-state index is 0. The second-order valence-electron chi connectivity index (χ2n) is 4.94. The number of benzene rings is 1. The zero-order valence-electron chi connectivity index (χ0n) is 10.4. The van der Waals surface area contributed by atoms with E-state index in [0.717, 1.165) is 13.1 Å². The van der Waals surface area contributed by atoms with E-state index in [1.165, 1.54) is 5.56 Å². The minimum atomic E-state index is -0.703. The average molecular weight is 282 g/mol. The van der Waals surface area contributed by atoms with Crippen LogP contribution in [0.4, 0.5) is 4.79 Å². The van der Waals surface area contributed by atoms with Crippen LogP contribution in [0.3, 0.4) is 0 Å². The molecule has 2 saturated heterocycles. The highest BCUT2D eigenvalue weighted by Gasteiger charge is 2.50. The summed E-state index contributed by atoms with van der Waals surface area (Å²) >= 11 is 0. The van der Waals surface area contributed by atoms with Gasteiger partial charge in [-0.15, -0.1) is 12.4 Å². The standard InChI is InChI=1S/C13H15N3O2.ClH/c17-11-13(15-12(18)14-11)6-7-16(9-13)8-10-4-2-1-3-5-10;/h1-5H,6-9H2,(H2,14,15,17,18);1H. The van der Waals surface area contributed by atoms with Crippen molar-refractivity contribution in [3.05, 3.63) is 35.9 Å². The molecular weight excluding hydrogens is 266 g/mol. The Hall–Kier alpha value is -1.59. The quantitative estimate of drug-likeness (QED) is 0.792. The van der Waals surface area contributed by atoms with E-state index in [4.69, 9.17) is 0 Å². The van der Waals surface area contributed by atoms with Gasteiger partial charge >= 0.3 is 6.03 Å². The van der Waals surface area contributed by atoms with Crippen LogP contribution in [0.5, 0.6) is 0 Å². The van der Waals surface area contributed by atoms with Crippen molar-refractivity contribution in [2.75, 3.05) is 13.1 Å². The summed E-state index contributed by atoms with van der Waals surface area (Å²) in [6, 6.07) is 9.76. The first-order valence-corrected chi connectivity index (χ1v) is 6.08. The number of nitrogens with zero attached hydrogens (tertiary/aromatic N) is 1. The molecule has 6 heteroatoms. The van der Waals surface area contributed by atoms with E-state index in [9.17, 15) is 9.59 Å². The van der Waals surface area contributed by atoms with Gasteiger partial charge in [-0.1, -0.05) is 30.3 Å². The third-order valence-corrected chi connectivity index (χ3v) is 3.61. The fourth-order valence-corrected chi connectivity index (χ4v) is 2.68. The number of urea groups is 1. The Morgan fingerprint density at radius 2 is 1.95 bits per heavy atom. The molecule has 2 aliphatic rings. The Bertz CT molecular complexity index is 494. The van der Waals surface area contributed by atoms with E-state index >= 15 is 0 Å². The van der Waals surface area contributed by atoms with Crippen molar-refractivity contribution in [3.63, 3.8) is 0 Å². The number of nitrogens with one attached hydrogen (secondary N) is 2. The van der Waals surface area contributed by atoms with E-state index in [-0.39, 0.29) is 24.3 Å². The second kappa shape index (κ2) is 5.19. The fourth-order valence-electron chi connectivity index (χ4n) is 2.68. The number of imide groups is 1. The van der Waals surface area contributed by atoms with E-state index in [1.807, 2.05) is 18.2 Å². The Morgan fingerprint density at radius 3 is 2.58 bits per heavy atom. The van der Waals surface area contributed by atoms with Crippen LogP contribution in [0, 0.1) is 0 Å². The second-order valence-corrected chi connectivity index (χ2v) is 4.94. The molecule has 0 aromatic heterocycles. The number of likely N-dealkylation sites (tertiary alicyclic amines) is 1. The molecule has 3 rings (SSSR count). The fraction of sp³-hybridized carbons (Fsp3) is 0.385. The molecule has 0 radical (unpaired) electrons. The van der Waals surface area contributed by atoms with Crippen LogP contribution in [-0.2, 0) is 11.3 Å². The molecule has 3 amide bonds. The molecule has 2 fully saturated rings. The summed E-state index contributed by atoms with van der Waals surface area (Å²) in [7, 11) is 0. The number of carbonyl (C=O) groups excluding carboxylic acids is 2. The van der Waals surface area contributed by atoms with Crippen LogP contribution in [0.2, 0.25) is 0 Å². The Kier molecular flexibility index (Phi) is 3.78. The van der Waals surface area contributed by atoms with E-state index in [2.05, 4.69) is 27.7 Å². The molecule has 1 unspecified atom stereocenters. The van der Waals surface area contributed by atoms with E-state index < -0.39 is 5.54 Å². The Morgan fingerprint density at radius 1 is 1.21 bits per heavy atom. The third-order valence-electron chi connectivity index (χ3n) is 3.61. The lowest BCUT2D eigenvalue weighted by Gasteiger charge is -2.21. The lowest BCUT2D eigenvalue weighted by Crippen LogP contribution is -2.48. The molecule has 0 saturated carbocycles. The Balaban J connectivity index is 0.00000133. The normalized spacial score (nSPS) is 26.1. The van der Waals surface area contributed by atoms with Gasteiger partial charge in [-0.25, -0.2) is 4.79 Å². The maximum Gasteiger partial charge on any atom is 0.322 e. The third kappa shape index (κ3) is 2.57. The van der Waals surface area contributed by atoms with Gasteiger partial charge in [-0.05, 0) is 12.0 Å². The number of hydrogen-bond donors (Lipinski definition) is 2. The molecule has 1 atom stereocenters. The smallest absolute Gasteiger partial charge is 0.322 e. The summed E-state index contributed by atoms with van der Waals surface area (Å²) in [6.45, 7) is 2.22. The number of rotatable bonds is 2. The van der Waals surface area contributed by atoms with E-state index in [0.29, 0.717) is 13.0 Å². The molecule has 0 aliphatic carbocycles. The zero-order chi connectivity index (χ0) is 12.6. The molecule has 102 valence electrons. The first-order valence-electron chi connectivity index (χ1n) is 6.08. The van der Waals surface area contributed by atoms with Gasteiger partial charge < -0.3 is 5.32 Å². The summed E-state index contributed by atoms with van der Waals surface area (Å²) in [5.74, 6) is -0.192. The first-order chi connectivity index (χ1) is 8.68. The molecule has 0 bridgehead atoms. The van der Waals surface area contributed by atoms with Crippen molar-refractivity contribution in [2.24, 2.45) is 0 Å². The zero-order valence-corrected chi connectivity index (χ0v) is 11.2. The number of hydrogen-bond acceptors (Lipinski definition) is 3. The van der Waals surface area contributed by atoms with Gasteiger partial charge in [-0.2, -0.15) is 0 Å². The van der Waals surface area contributed by atoms with Crippen molar-refractivity contribution >= 4 is 24.3 Å². The van der Waals surface area contributed by atoms with Gasteiger partial charge in [0.25, 0.3) is 5.91 Å². The van der Waals surface area contributed by atoms with Crippen LogP contribution in [0.15, 0.2) is 30.3 Å². The van der Waals surface area contributed by atoms with Crippen molar-refractivity contribution in [1.29, 1.82) is 0 Å². The summed E-state index contributed by atoms with van der Waals surface area (Å²) in [5.41, 5.74) is 0.519. The predicted molar refractivity (Wildman–Crippen MR) is 73.0 cm³/mol. The summed E-state index contributed by atoms with van der Waals surface area (Å²) in [5, 5.41) is 5.07. The molecule has 1 spiro atoms. The molecule has 5 nitrogen and oxygen atoms in total. The summed E-state index contributed by atoms with van der Waals surface area (Å²) < 4.78 is 0. The first kappa shape index (κ1) is 13.8. The molecule has 19 heavy (non-hydrogen) atoms. The van der Waals surface area contributed by atoms with Crippen LogP contribution in [0.1, 0.15) is 12.0 Å². The van der Waals surface area contributed by atoms with Crippen LogP contribution in [0.25, 0.3) is 0 Å². The van der Waals surface area contributed by atoms with Crippen molar-refractivity contribution < 1.29 is 9.59 Å². The molecule has 1 aromatic rings. The van der Waals surface area contributed by atoms with Gasteiger partial charge in [0.2, 0.25) is 0 Å². The van der Waals surface area contributed by atoms with Gasteiger partial charge in [0.15, 0.2) is 0 Å². The highest BCUT2D eigenvalue weighted by Crippen LogP contribution is 2.25. The molecule has 2 N–H and O–H groups in total. The number of carbonyl (C=O) groups is 2. The van der Waals surface area contributed by atoms with Gasteiger partial charge in [0, 0.05) is 19.6 Å². The molecule has 2 aliphatic heterocycles. The van der Waals surface area contributed by atoms with Gasteiger partial charge in [0.05, 0.1) is 0 Å². The number of amides is 3. The molecule has 1 aromatic carbocycles. The lowest BCUT2D eigenvalue weighted by atomic mass is 9.99. The van der Waals surface area contributed by atoms with Crippen molar-refractivity contribution in [1.82, 2.24) is 15.5 Å². The van der Waals surface area contributed by atoms with Gasteiger partial charge in [0.1, 0.15) is 5.54 Å². The molecular formula is C13H16ClN3O2. The average Bonchev–Trinajstić information content (AvgIpc) is 2.86. The highest BCUT2D eigenvalue weighted by molar-refractivity contribution is 6.07. The predicted octanol–water partition coefficient (Wildman–Crippen LogP) is 0.892. The monoisotopic (exact) mass is 281 g/mol. The SMILES string of the molecule is Cl.O=C1NC(=O)C2(CCN(Cc3ccccc3)C2)N1. The minimum Gasteiger partial charge on any atom is -0.322 e. The largest absolute Gasteiger partial charge is 0.322 e. The van der Waals surface area contributed by atoms with E-state index in [1.54, 1.807) is 0 Å². The highest BCUT2D eigenvalue weighted by atomic mass is 35.5. The van der Waals surface area contributed by atoms with Crippen LogP contribution < -0.4 is 10.6 Å². The Labute approximate surface area is 117 Å². The summed E-state index contributed by atoms with van der Waals surface area (Å²) in [4.78, 5) is 25.2. The maximum absolute atomic E-state index is 11.8. The van der Waals surface area contributed by atoms with Crippen molar-refractivity contribution in [2.45, 2.75) is 18.5 Å². The van der Waals surface area contributed by atoms with Gasteiger partial charge in [-0.3, -0.25) is 15.0 Å².